The van der Waals surface area contributed by atoms with Crippen molar-refractivity contribution in [2.75, 3.05) is 13.2 Å². The van der Waals surface area contributed by atoms with Crippen molar-refractivity contribution in [3.8, 4) is 0 Å². The Hall–Kier alpha value is -1.32. The van der Waals surface area contributed by atoms with Gasteiger partial charge in [0.05, 0.1) is 0 Å². The van der Waals surface area contributed by atoms with E-state index in [1.54, 1.807) is 0 Å². The monoisotopic (exact) mass is 256 g/mol. The van der Waals surface area contributed by atoms with Crippen LogP contribution in [0.15, 0.2) is 12.2 Å². The molecule has 0 aromatic heterocycles. The second-order valence-corrected chi connectivity index (χ2v) is 4.29. The molecular weight excluding hydrogens is 232 g/mol. The van der Waals surface area contributed by atoms with Crippen LogP contribution in [0.25, 0.3) is 0 Å². The highest BCUT2D eigenvalue weighted by molar-refractivity contribution is 5.66. The number of hydrogen-bond donors (Lipinski definition) is 0. The standard InChI is InChI=1S/C14H24O4/c1-4-5-6-7-8-9-14(10-17-12(2)15)11-18-13(3)16/h8-9,14H,4-7,10-11H2,1-3H3/b9-8+. The largest absolute Gasteiger partial charge is 0.465 e. The summed E-state index contributed by atoms with van der Waals surface area (Å²) in [6.45, 7) is 5.41. The van der Waals surface area contributed by atoms with Gasteiger partial charge in [-0.25, -0.2) is 0 Å². The summed E-state index contributed by atoms with van der Waals surface area (Å²) in [4.78, 5) is 21.5. The highest BCUT2D eigenvalue weighted by Gasteiger charge is 2.08. The van der Waals surface area contributed by atoms with E-state index in [2.05, 4.69) is 13.0 Å². The van der Waals surface area contributed by atoms with E-state index in [1.807, 2.05) is 6.08 Å². The lowest BCUT2D eigenvalue weighted by molar-refractivity contribution is -0.145. The van der Waals surface area contributed by atoms with E-state index in [4.69, 9.17) is 9.47 Å². The van der Waals surface area contributed by atoms with Gasteiger partial charge in [0.25, 0.3) is 0 Å². The first-order valence-corrected chi connectivity index (χ1v) is 6.49. The van der Waals surface area contributed by atoms with Gasteiger partial charge in [-0.15, -0.1) is 0 Å². The Morgan fingerprint density at radius 2 is 1.61 bits per heavy atom. The highest BCUT2D eigenvalue weighted by atomic mass is 16.5. The molecule has 18 heavy (non-hydrogen) atoms. The van der Waals surface area contributed by atoms with E-state index in [9.17, 15) is 9.59 Å². The van der Waals surface area contributed by atoms with Crippen LogP contribution < -0.4 is 0 Å². The minimum atomic E-state index is -0.317. The van der Waals surface area contributed by atoms with Crippen molar-refractivity contribution < 1.29 is 19.1 Å². The number of rotatable bonds is 9. The van der Waals surface area contributed by atoms with Crippen molar-refractivity contribution in [2.45, 2.75) is 46.5 Å². The number of carbonyl (C=O) groups excluding carboxylic acids is 2. The molecule has 0 rings (SSSR count). The van der Waals surface area contributed by atoms with Crippen molar-refractivity contribution >= 4 is 11.9 Å². The summed E-state index contributed by atoms with van der Waals surface area (Å²) >= 11 is 0. The Kier molecular flexibility index (Phi) is 10.0. The maximum Gasteiger partial charge on any atom is 0.302 e. The number of esters is 2. The summed E-state index contributed by atoms with van der Waals surface area (Å²) in [7, 11) is 0. The molecule has 0 aliphatic carbocycles. The van der Waals surface area contributed by atoms with E-state index in [0.29, 0.717) is 0 Å². The lowest BCUT2D eigenvalue weighted by atomic mass is 10.1. The fraction of sp³-hybridized carbons (Fsp3) is 0.714. The maximum atomic E-state index is 10.7. The number of allylic oxidation sites excluding steroid dienone is 1. The topological polar surface area (TPSA) is 52.6 Å². The third kappa shape index (κ3) is 11.2. The first-order chi connectivity index (χ1) is 8.56. The molecule has 0 aliphatic rings. The van der Waals surface area contributed by atoms with Crippen LogP contribution in [0.1, 0.15) is 46.5 Å². The minimum Gasteiger partial charge on any atom is -0.465 e. The molecule has 104 valence electrons. The van der Waals surface area contributed by atoms with Gasteiger partial charge >= 0.3 is 11.9 Å². The molecule has 0 aromatic rings. The fourth-order valence-corrected chi connectivity index (χ4v) is 1.41. The Balaban J connectivity index is 4.01. The van der Waals surface area contributed by atoms with Crippen LogP contribution >= 0.6 is 0 Å². The molecule has 4 nitrogen and oxygen atoms in total. The van der Waals surface area contributed by atoms with Gasteiger partial charge in [0.1, 0.15) is 13.2 Å². The Labute approximate surface area is 109 Å². The third-order valence-electron chi connectivity index (χ3n) is 2.38. The molecular formula is C14H24O4. The summed E-state index contributed by atoms with van der Waals surface area (Å²) in [6, 6.07) is 0. The van der Waals surface area contributed by atoms with E-state index in [-0.39, 0.29) is 31.1 Å². The van der Waals surface area contributed by atoms with Gasteiger partial charge in [-0.3, -0.25) is 9.59 Å². The normalized spacial score (nSPS) is 10.9. The van der Waals surface area contributed by atoms with Crippen molar-refractivity contribution in [1.29, 1.82) is 0 Å². The molecule has 0 spiro atoms. The van der Waals surface area contributed by atoms with Crippen LogP contribution in [-0.4, -0.2) is 25.2 Å². The zero-order valence-electron chi connectivity index (χ0n) is 11.6. The zero-order chi connectivity index (χ0) is 13.8. The van der Waals surface area contributed by atoms with E-state index in [1.165, 1.54) is 26.7 Å². The average molecular weight is 256 g/mol. The van der Waals surface area contributed by atoms with Gasteiger partial charge in [-0.1, -0.05) is 31.9 Å². The van der Waals surface area contributed by atoms with Gasteiger partial charge in [0, 0.05) is 19.8 Å². The van der Waals surface area contributed by atoms with Gasteiger partial charge in [-0.05, 0) is 12.8 Å². The molecule has 0 saturated carbocycles. The molecule has 0 unspecified atom stereocenters. The number of hydrogen-bond acceptors (Lipinski definition) is 4. The summed E-state index contributed by atoms with van der Waals surface area (Å²) in [5.74, 6) is -0.691. The predicted molar refractivity (Wildman–Crippen MR) is 70.0 cm³/mol. The first kappa shape index (κ1) is 16.7. The summed E-state index contributed by atoms with van der Waals surface area (Å²) < 4.78 is 9.87. The second kappa shape index (κ2) is 10.8. The smallest absolute Gasteiger partial charge is 0.302 e. The van der Waals surface area contributed by atoms with Crippen molar-refractivity contribution in [3.63, 3.8) is 0 Å². The first-order valence-electron chi connectivity index (χ1n) is 6.49. The van der Waals surface area contributed by atoms with Gasteiger partial charge < -0.3 is 9.47 Å². The van der Waals surface area contributed by atoms with Gasteiger partial charge in [0.15, 0.2) is 0 Å². The van der Waals surface area contributed by atoms with Crippen molar-refractivity contribution in [1.82, 2.24) is 0 Å². The second-order valence-electron chi connectivity index (χ2n) is 4.29. The predicted octanol–water partition coefficient (Wildman–Crippen LogP) is 2.87. The van der Waals surface area contributed by atoms with Gasteiger partial charge in [-0.2, -0.15) is 0 Å². The van der Waals surface area contributed by atoms with Crippen LogP contribution in [0.4, 0.5) is 0 Å². The van der Waals surface area contributed by atoms with E-state index < -0.39 is 0 Å². The van der Waals surface area contributed by atoms with Crippen molar-refractivity contribution in [2.24, 2.45) is 5.92 Å². The minimum absolute atomic E-state index is 0.0561. The molecule has 0 atom stereocenters. The Morgan fingerprint density at radius 3 is 2.06 bits per heavy atom. The number of unbranched alkanes of at least 4 members (excludes halogenated alkanes) is 3. The van der Waals surface area contributed by atoms with Gasteiger partial charge in [0.2, 0.25) is 0 Å². The summed E-state index contributed by atoms with van der Waals surface area (Å²) in [6.07, 6.45) is 8.58. The van der Waals surface area contributed by atoms with Crippen LogP contribution in [0, 0.1) is 5.92 Å². The molecule has 0 amide bonds. The van der Waals surface area contributed by atoms with E-state index in [0.717, 1.165) is 12.8 Å². The third-order valence-corrected chi connectivity index (χ3v) is 2.38. The number of ether oxygens (including phenoxy) is 2. The molecule has 0 fully saturated rings. The summed E-state index contributed by atoms with van der Waals surface area (Å²) in [5, 5.41) is 0. The van der Waals surface area contributed by atoms with Crippen molar-refractivity contribution in [3.05, 3.63) is 12.2 Å². The number of carbonyl (C=O) groups is 2. The van der Waals surface area contributed by atoms with Crippen LogP contribution in [0.5, 0.6) is 0 Å². The molecule has 0 saturated heterocycles. The molecule has 0 bridgehead atoms. The zero-order valence-corrected chi connectivity index (χ0v) is 11.6. The Morgan fingerprint density at radius 1 is 1.06 bits per heavy atom. The summed E-state index contributed by atoms with van der Waals surface area (Å²) in [5.41, 5.74) is 0. The molecule has 4 heteroatoms. The lowest BCUT2D eigenvalue weighted by Gasteiger charge is -2.12. The lowest BCUT2D eigenvalue weighted by Crippen LogP contribution is -2.17. The average Bonchev–Trinajstić information content (AvgIpc) is 2.30. The molecule has 0 heterocycles. The Bertz CT molecular complexity index is 253. The van der Waals surface area contributed by atoms with E-state index >= 15 is 0 Å². The quantitative estimate of drug-likeness (QED) is 0.361. The molecule has 0 aromatic carbocycles. The molecule has 0 radical (unpaired) electrons. The molecule has 0 aliphatic heterocycles. The van der Waals surface area contributed by atoms with Crippen LogP contribution in [-0.2, 0) is 19.1 Å². The SMILES string of the molecule is CCCCC/C=C/C(COC(C)=O)COC(C)=O. The molecule has 0 N–H and O–H groups in total. The van der Waals surface area contributed by atoms with Crippen LogP contribution in [0.3, 0.4) is 0 Å². The van der Waals surface area contributed by atoms with Crippen LogP contribution in [0.2, 0.25) is 0 Å². The highest BCUT2D eigenvalue weighted by Crippen LogP contribution is 2.06. The maximum absolute atomic E-state index is 10.7. The fourth-order valence-electron chi connectivity index (χ4n) is 1.41.